The van der Waals surface area contributed by atoms with E-state index in [0.717, 1.165) is 22.6 Å². The largest absolute Gasteiger partial charge is 0.400 e. The van der Waals surface area contributed by atoms with E-state index in [1.165, 1.54) is 5.69 Å². The number of anilines is 4. The molecule has 3 aromatic carbocycles. The molecule has 0 N–H and O–H groups in total. The summed E-state index contributed by atoms with van der Waals surface area (Å²) in [6, 6.07) is 27.0. The molecule has 24 heavy (non-hydrogen) atoms. The van der Waals surface area contributed by atoms with Gasteiger partial charge in [-0.15, -0.1) is 6.07 Å². The zero-order valence-electron chi connectivity index (χ0n) is 13.2. The predicted octanol–water partition coefficient (Wildman–Crippen LogP) is 5.32. The minimum absolute atomic E-state index is 0. The van der Waals surface area contributed by atoms with Gasteiger partial charge in [-0.1, -0.05) is 48.2 Å². The van der Waals surface area contributed by atoms with Crippen molar-refractivity contribution in [2.45, 2.75) is 6.17 Å². The van der Waals surface area contributed by atoms with E-state index in [9.17, 15) is 0 Å². The van der Waals surface area contributed by atoms with E-state index in [0.29, 0.717) is 0 Å². The van der Waals surface area contributed by atoms with Gasteiger partial charge in [0, 0.05) is 25.8 Å². The summed E-state index contributed by atoms with van der Waals surface area (Å²) in [5.41, 5.74) is 5.57. The van der Waals surface area contributed by atoms with Crippen LogP contribution in [0.15, 0.2) is 78.9 Å². The number of fused-ring (bicyclic) bond motifs is 1. The maximum Gasteiger partial charge on any atom is 0.0635 e. The third-order valence-corrected chi connectivity index (χ3v) is 4.28. The van der Waals surface area contributed by atoms with Gasteiger partial charge >= 0.3 is 0 Å². The first kappa shape index (κ1) is 16.6. The van der Waals surface area contributed by atoms with E-state index >= 15 is 0 Å². The van der Waals surface area contributed by atoms with Crippen LogP contribution in [0, 0.1) is 13.8 Å². The van der Waals surface area contributed by atoms with Gasteiger partial charge in [0.1, 0.15) is 0 Å². The first-order valence-electron chi connectivity index (χ1n) is 7.74. The minimum atomic E-state index is -0.0577. The van der Waals surface area contributed by atoms with Crippen molar-refractivity contribution in [1.82, 2.24) is 0 Å². The third kappa shape index (κ3) is 2.60. The van der Waals surface area contributed by atoms with Crippen LogP contribution in [0.1, 0.15) is 5.56 Å². The number of rotatable bonds is 2. The minimum Gasteiger partial charge on any atom is -0.400 e. The molecule has 0 amide bonds. The topological polar surface area (TPSA) is 6.48 Å². The summed E-state index contributed by atoms with van der Waals surface area (Å²) in [7, 11) is 0. The first-order valence-corrected chi connectivity index (χ1v) is 7.74. The predicted molar refractivity (Wildman–Crippen MR) is 97.2 cm³/mol. The van der Waals surface area contributed by atoms with Gasteiger partial charge in [-0.3, -0.25) is 0 Å². The molecule has 0 saturated carbocycles. The number of para-hydroxylation sites is 4. The Hall–Kier alpha value is -2.22. The molecule has 0 aromatic heterocycles. The van der Waals surface area contributed by atoms with Crippen LogP contribution in [0.5, 0.6) is 0 Å². The van der Waals surface area contributed by atoms with Crippen LogP contribution in [0.25, 0.3) is 0 Å². The number of nitrogens with zero attached hydrogens (tertiary/aromatic N) is 2. The summed E-state index contributed by atoms with van der Waals surface area (Å²) in [4.78, 5) is 4.52. The Labute approximate surface area is 157 Å². The zero-order chi connectivity index (χ0) is 15.8. The maximum atomic E-state index is 4.43. The average Bonchev–Trinajstić information content (AvgIpc) is 2.88. The van der Waals surface area contributed by atoms with Crippen LogP contribution in [-0.4, -0.2) is 6.17 Å². The summed E-state index contributed by atoms with van der Waals surface area (Å²) in [5.74, 6) is 0. The Morgan fingerprint density at radius 1 is 0.625 bits per heavy atom. The SMILES string of the molecule is [CH2-]c1ccccc1N1c2ccccc2N(c2ccccc2)C1[CH2-].[Ir]. The van der Waals surface area contributed by atoms with Gasteiger partial charge < -0.3 is 16.7 Å². The molecular formula is C21H18IrN2-2. The molecule has 0 bridgehead atoms. The van der Waals surface area contributed by atoms with E-state index in [1.807, 2.05) is 24.3 Å². The summed E-state index contributed by atoms with van der Waals surface area (Å²) >= 11 is 0. The fraction of sp³-hybridized carbons (Fsp3) is 0.0476. The number of hydrogen-bond acceptors (Lipinski definition) is 2. The maximum absolute atomic E-state index is 4.43. The molecule has 1 aliphatic rings. The first-order chi connectivity index (χ1) is 11.3. The van der Waals surface area contributed by atoms with Gasteiger partial charge in [-0.05, 0) is 30.4 Å². The normalized spacial score (nSPS) is 15.8. The molecule has 1 unspecified atom stereocenters. The van der Waals surface area contributed by atoms with Gasteiger partial charge in [-0.2, -0.15) is 18.6 Å². The smallest absolute Gasteiger partial charge is 0.0635 e. The molecule has 1 aliphatic heterocycles. The molecule has 3 aromatic rings. The monoisotopic (exact) mass is 491 g/mol. The van der Waals surface area contributed by atoms with E-state index < -0.39 is 0 Å². The summed E-state index contributed by atoms with van der Waals surface area (Å²) in [6.07, 6.45) is -0.0577. The quantitative estimate of drug-likeness (QED) is 0.449. The van der Waals surface area contributed by atoms with Crippen molar-refractivity contribution in [2.75, 3.05) is 9.80 Å². The Morgan fingerprint density at radius 2 is 1.12 bits per heavy atom. The summed E-state index contributed by atoms with van der Waals surface area (Å²) < 4.78 is 0. The van der Waals surface area contributed by atoms with Crippen molar-refractivity contribution >= 4 is 22.7 Å². The standard InChI is InChI=1S/C21H18N2.Ir/c1-16-10-6-7-13-19(16)23-17(2)22(18-11-4-3-5-12-18)20-14-8-9-15-21(20)23;/h3-15,17H,1-2H2;/q-2;. The van der Waals surface area contributed by atoms with Gasteiger partial charge in [0.2, 0.25) is 0 Å². The van der Waals surface area contributed by atoms with Crippen molar-refractivity contribution < 1.29 is 20.1 Å². The molecule has 3 heteroatoms. The molecule has 4 rings (SSSR count). The van der Waals surface area contributed by atoms with Crippen LogP contribution in [-0.2, 0) is 20.1 Å². The number of benzene rings is 3. The van der Waals surface area contributed by atoms with E-state index in [-0.39, 0.29) is 26.3 Å². The van der Waals surface area contributed by atoms with Crippen molar-refractivity contribution in [2.24, 2.45) is 0 Å². The van der Waals surface area contributed by atoms with Gasteiger partial charge in [-0.25, -0.2) is 0 Å². The van der Waals surface area contributed by atoms with Crippen molar-refractivity contribution in [1.29, 1.82) is 0 Å². The van der Waals surface area contributed by atoms with Crippen LogP contribution < -0.4 is 9.80 Å². The molecular weight excluding hydrogens is 472 g/mol. The van der Waals surface area contributed by atoms with E-state index in [2.05, 4.69) is 78.2 Å². The molecule has 1 radical (unpaired) electrons. The molecule has 0 fully saturated rings. The fourth-order valence-corrected chi connectivity index (χ4v) is 3.24. The zero-order valence-corrected chi connectivity index (χ0v) is 15.6. The fourth-order valence-electron chi connectivity index (χ4n) is 3.24. The van der Waals surface area contributed by atoms with Crippen molar-refractivity contribution in [3.8, 4) is 0 Å². The molecule has 0 saturated heterocycles. The summed E-state index contributed by atoms with van der Waals surface area (Å²) in [6.45, 7) is 8.62. The Balaban J connectivity index is 0.00000169. The second-order valence-electron chi connectivity index (χ2n) is 5.67. The second kappa shape index (κ2) is 6.72. The molecule has 0 aliphatic carbocycles. The Kier molecular flexibility index (Phi) is 4.66. The van der Waals surface area contributed by atoms with Crippen molar-refractivity contribution in [3.63, 3.8) is 0 Å². The van der Waals surface area contributed by atoms with E-state index in [1.54, 1.807) is 0 Å². The molecule has 2 nitrogen and oxygen atoms in total. The Morgan fingerprint density at radius 3 is 1.75 bits per heavy atom. The van der Waals surface area contributed by atoms with Gasteiger partial charge in [0.25, 0.3) is 0 Å². The molecule has 1 heterocycles. The van der Waals surface area contributed by atoms with Crippen LogP contribution in [0.4, 0.5) is 22.7 Å². The van der Waals surface area contributed by atoms with E-state index in [4.69, 9.17) is 0 Å². The second-order valence-corrected chi connectivity index (χ2v) is 5.67. The third-order valence-electron chi connectivity index (χ3n) is 4.28. The Bertz CT molecular complexity index is 832. The molecule has 1 atom stereocenters. The van der Waals surface area contributed by atoms with Crippen LogP contribution >= 0.6 is 0 Å². The van der Waals surface area contributed by atoms with Crippen molar-refractivity contribution in [3.05, 3.63) is 98.3 Å². The average molecular weight is 491 g/mol. The molecule has 123 valence electrons. The van der Waals surface area contributed by atoms with Crippen LogP contribution in [0.3, 0.4) is 0 Å². The van der Waals surface area contributed by atoms with Gasteiger partial charge in [0.15, 0.2) is 0 Å². The van der Waals surface area contributed by atoms with Crippen LogP contribution in [0.2, 0.25) is 0 Å². The number of hydrogen-bond donors (Lipinski definition) is 0. The summed E-state index contributed by atoms with van der Waals surface area (Å²) in [5, 5.41) is 0. The van der Waals surface area contributed by atoms with Gasteiger partial charge in [0.05, 0.1) is 11.4 Å². The molecule has 0 spiro atoms.